The van der Waals surface area contributed by atoms with Crippen LogP contribution >= 0.6 is 12.4 Å². The van der Waals surface area contributed by atoms with Gasteiger partial charge in [-0.25, -0.2) is 0 Å². The zero-order valence-corrected chi connectivity index (χ0v) is 12.6. The maximum Gasteiger partial charge on any atom is 0.0178 e. The molecule has 2 rings (SSSR count). The van der Waals surface area contributed by atoms with Crippen LogP contribution in [0.15, 0.2) is 42.5 Å². The molecule has 0 radical (unpaired) electrons. The monoisotopic (exact) mass is 275 g/mol. The Morgan fingerprint density at radius 2 is 1.74 bits per heavy atom. The molecule has 0 bridgehead atoms. The third-order valence-electron chi connectivity index (χ3n) is 3.27. The van der Waals surface area contributed by atoms with Crippen molar-refractivity contribution < 1.29 is 0 Å². The second kappa shape index (κ2) is 6.74. The highest BCUT2D eigenvalue weighted by Crippen LogP contribution is 2.30. The summed E-state index contributed by atoms with van der Waals surface area (Å²) in [6.07, 6.45) is 0. The number of nitrogens with two attached hydrogens (primary N) is 1. The zero-order valence-electron chi connectivity index (χ0n) is 11.8. The smallest absolute Gasteiger partial charge is 0.0178 e. The molecule has 1 nitrogen and oxygen atoms in total. The van der Waals surface area contributed by atoms with Crippen molar-refractivity contribution in [1.29, 1.82) is 0 Å². The van der Waals surface area contributed by atoms with E-state index >= 15 is 0 Å². The summed E-state index contributed by atoms with van der Waals surface area (Å²) in [6, 6.07) is 15.2. The van der Waals surface area contributed by atoms with E-state index < -0.39 is 0 Å². The number of rotatable bonds is 3. The van der Waals surface area contributed by atoms with E-state index in [0.717, 1.165) is 0 Å². The number of hydrogen-bond acceptors (Lipinski definition) is 1. The van der Waals surface area contributed by atoms with Crippen molar-refractivity contribution in [2.24, 2.45) is 5.73 Å². The number of benzene rings is 2. The lowest BCUT2D eigenvalue weighted by Crippen LogP contribution is -1.98. The molecule has 0 atom stereocenters. The van der Waals surface area contributed by atoms with E-state index in [4.69, 9.17) is 5.73 Å². The molecule has 2 heteroatoms. The fourth-order valence-electron chi connectivity index (χ4n) is 2.40. The van der Waals surface area contributed by atoms with E-state index in [0.29, 0.717) is 12.5 Å². The minimum atomic E-state index is 0. The summed E-state index contributed by atoms with van der Waals surface area (Å²) in [6.45, 7) is 7.19. The van der Waals surface area contributed by atoms with Gasteiger partial charge in [0.05, 0.1) is 0 Å². The van der Waals surface area contributed by atoms with E-state index in [1.165, 1.54) is 27.8 Å². The first-order valence-corrected chi connectivity index (χ1v) is 6.51. The van der Waals surface area contributed by atoms with Crippen LogP contribution < -0.4 is 5.73 Å². The minimum absolute atomic E-state index is 0. The van der Waals surface area contributed by atoms with E-state index in [-0.39, 0.29) is 12.4 Å². The summed E-state index contributed by atoms with van der Waals surface area (Å²) >= 11 is 0. The maximum atomic E-state index is 5.76. The molecule has 0 saturated carbocycles. The second-order valence-corrected chi connectivity index (χ2v) is 5.15. The second-order valence-electron chi connectivity index (χ2n) is 5.15. The van der Waals surface area contributed by atoms with Gasteiger partial charge in [0.1, 0.15) is 0 Å². The van der Waals surface area contributed by atoms with Gasteiger partial charge < -0.3 is 5.73 Å². The van der Waals surface area contributed by atoms with Gasteiger partial charge in [-0.3, -0.25) is 0 Å². The Morgan fingerprint density at radius 1 is 1.05 bits per heavy atom. The lowest BCUT2D eigenvalue weighted by molar-refractivity contribution is 0.869. The molecule has 0 aliphatic carbocycles. The molecular weight excluding hydrogens is 254 g/mol. The Kier molecular flexibility index (Phi) is 5.59. The summed E-state index contributed by atoms with van der Waals surface area (Å²) in [5.74, 6) is 0.531. The molecule has 0 unspecified atom stereocenters. The molecule has 0 saturated heterocycles. The lowest BCUT2D eigenvalue weighted by Gasteiger charge is -2.14. The molecule has 2 N–H and O–H groups in total. The summed E-state index contributed by atoms with van der Waals surface area (Å²) in [4.78, 5) is 0. The molecule has 0 aromatic heterocycles. The third-order valence-corrected chi connectivity index (χ3v) is 3.27. The SMILES string of the molecule is Cc1cc(CN)cc(-c2ccccc2C(C)C)c1.Cl. The predicted molar refractivity (Wildman–Crippen MR) is 85.8 cm³/mol. The van der Waals surface area contributed by atoms with Gasteiger partial charge in [0.15, 0.2) is 0 Å². The van der Waals surface area contributed by atoms with E-state index in [2.05, 4.69) is 63.2 Å². The van der Waals surface area contributed by atoms with Crippen molar-refractivity contribution in [3.05, 3.63) is 59.2 Å². The molecule has 0 fully saturated rings. The van der Waals surface area contributed by atoms with Gasteiger partial charge in [0, 0.05) is 6.54 Å². The highest BCUT2D eigenvalue weighted by atomic mass is 35.5. The molecule has 102 valence electrons. The molecule has 0 aliphatic rings. The summed E-state index contributed by atoms with van der Waals surface area (Å²) in [5.41, 5.74) is 12.2. The molecule has 0 amide bonds. The van der Waals surface area contributed by atoms with Crippen LogP contribution in [-0.2, 0) is 6.54 Å². The van der Waals surface area contributed by atoms with Crippen molar-refractivity contribution in [3.8, 4) is 11.1 Å². The standard InChI is InChI=1S/C17H21N.ClH/c1-12(2)16-6-4-5-7-17(16)15-9-13(3)8-14(10-15)11-18;/h4-10,12H,11,18H2,1-3H3;1H. The van der Waals surface area contributed by atoms with Crippen LogP contribution in [0.4, 0.5) is 0 Å². The number of aryl methyl sites for hydroxylation is 1. The quantitative estimate of drug-likeness (QED) is 0.866. The minimum Gasteiger partial charge on any atom is -0.326 e. The fourth-order valence-corrected chi connectivity index (χ4v) is 2.40. The molecule has 0 aliphatic heterocycles. The average molecular weight is 276 g/mol. The molecule has 0 heterocycles. The van der Waals surface area contributed by atoms with Crippen LogP contribution in [0.3, 0.4) is 0 Å². The number of hydrogen-bond donors (Lipinski definition) is 1. The first kappa shape index (κ1) is 15.7. The maximum absolute atomic E-state index is 5.76. The lowest BCUT2D eigenvalue weighted by atomic mass is 9.91. The average Bonchev–Trinajstić information content (AvgIpc) is 2.38. The van der Waals surface area contributed by atoms with E-state index in [1.807, 2.05) is 0 Å². The molecule has 19 heavy (non-hydrogen) atoms. The van der Waals surface area contributed by atoms with Gasteiger partial charge in [-0.2, -0.15) is 0 Å². The Hall–Kier alpha value is -1.31. The van der Waals surface area contributed by atoms with Crippen LogP contribution in [0.2, 0.25) is 0 Å². The normalized spacial score (nSPS) is 10.4. The third kappa shape index (κ3) is 3.59. The molecule has 2 aromatic rings. The van der Waals surface area contributed by atoms with E-state index in [1.54, 1.807) is 0 Å². The topological polar surface area (TPSA) is 26.0 Å². The van der Waals surface area contributed by atoms with Gasteiger partial charge in [-0.05, 0) is 41.2 Å². The Balaban J connectivity index is 0.00000180. The van der Waals surface area contributed by atoms with Crippen LogP contribution in [0.25, 0.3) is 11.1 Å². The molecular formula is C17H22ClN. The summed E-state index contributed by atoms with van der Waals surface area (Å²) in [7, 11) is 0. The van der Waals surface area contributed by atoms with Crippen molar-refractivity contribution in [2.45, 2.75) is 33.2 Å². The predicted octanol–water partition coefficient (Wildman–Crippen LogP) is 4.67. The first-order valence-electron chi connectivity index (χ1n) is 6.51. The van der Waals surface area contributed by atoms with Crippen molar-refractivity contribution in [3.63, 3.8) is 0 Å². The van der Waals surface area contributed by atoms with Crippen molar-refractivity contribution >= 4 is 12.4 Å². The van der Waals surface area contributed by atoms with Crippen molar-refractivity contribution in [2.75, 3.05) is 0 Å². The van der Waals surface area contributed by atoms with Crippen LogP contribution in [-0.4, -0.2) is 0 Å². The van der Waals surface area contributed by atoms with E-state index in [9.17, 15) is 0 Å². The zero-order chi connectivity index (χ0) is 13.1. The van der Waals surface area contributed by atoms with Gasteiger partial charge >= 0.3 is 0 Å². The molecule has 0 spiro atoms. The largest absolute Gasteiger partial charge is 0.326 e. The van der Waals surface area contributed by atoms with Crippen molar-refractivity contribution in [1.82, 2.24) is 0 Å². The van der Waals surface area contributed by atoms with Gasteiger partial charge in [0.2, 0.25) is 0 Å². The summed E-state index contributed by atoms with van der Waals surface area (Å²) < 4.78 is 0. The van der Waals surface area contributed by atoms with Crippen LogP contribution in [0, 0.1) is 6.92 Å². The summed E-state index contributed by atoms with van der Waals surface area (Å²) in [5, 5.41) is 0. The fraction of sp³-hybridized carbons (Fsp3) is 0.294. The number of halogens is 1. The van der Waals surface area contributed by atoms with Crippen LogP contribution in [0.5, 0.6) is 0 Å². The van der Waals surface area contributed by atoms with Gasteiger partial charge in [-0.15, -0.1) is 12.4 Å². The highest BCUT2D eigenvalue weighted by molar-refractivity contribution is 5.85. The first-order chi connectivity index (χ1) is 8.61. The Labute approximate surface area is 122 Å². The van der Waals surface area contributed by atoms with Crippen LogP contribution in [0.1, 0.15) is 36.5 Å². The highest BCUT2D eigenvalue weighted by Gasteiger charge is 2.08. The molecule has 2 aromatic carbocycles. The Bertz CT molecular complexity index is 547. The Morgan fingerprint density at radius 3 is 2.37 bits per heavy atom. The van der Waals surface area contributed by atoms with Gasteiger partial charge in [0.25, 0.3) is 0 Å². The van der Waals surface area contributed by atoms with Gasteiger partial charge in [-0.1, -0.05) is 55.8 Å².